The number of para-hydroxylation sites is 1. The maximum Gasteiger partial charge on any atom is 0.338 e. The summed E-state index contributed by atoms with van der Waals surface area (Å²) >= 11 is 13.6. The van der Waals surface area contributed by atoms with E-state index in [1.807, 2.05) is 42.5 Å². The fourth-order valence-electron chi connectivity index (χ4n) is 4.56. The zero-order valence-corrected chi connectivity index (χ0v) is 24.8. The van der Waals surface area contributed by atoms with Crippen molar-refractivity contribution in [1.29, 1.82) is 0 Å². The molecular weight excluding hydrogens is 583 g/mol. The van der Waals surface area contributed by atoms with Crippen LogP contribution < -0.4 is 24.4 Å². The highest BCUT2D eigenvalue weighted by Gasteiger charge is 2.33. The third-order valence-electron chi connectivity index (χ3n) is 6.55. The fourth-order valence-corrected chi connectivity index (χ4v) is 6.06. The summed E-state index contributed by atoms with van der Waals surface area (Å²) in [6.07, 6.45) is 1.77. The minimum Gasteiger partial charge on any atom is -0.497 e. The fraction of sp³-hybridized carbons (Fsp3) is 0.194. The quantitative estimate of drug-likeness (QED) is 0.240. The monoisotopic (exact) mass is 608 g/mol. The number of nitrogens with zero attached hydrogens (tertiary/aromatic N) is 2. The largest absolute Gasteiger partial charge is 0.497 e. The van der Waals surface area contributed by atoms with Gasteiger partial charge < -0.3 is 14.2 Å². The summed E-state index contributed by atoms with van der Waals surface area (Å²) in [7, 11) is 1.58. The second kappa shape index (κ2) is 12.3. The first kappa shape index (κ1) is 28.7. The Labute approximate surface area is 250 Å². The molecule has 3 aromatic carbocycles. The molecule has 1 atom stereocenters. The molecule has 0 saturated carbocycles. The molecule has 0 aliphatic carbocycles. The number of esters is 1. The zero-order chi connectivity index (χ0) is 29.1. The van der Waals surface area contributed by atoms with Gasteiger partial charge in [-0.1, -0.05) is 70.9 Å². The van der Waals surface area contributed by atoms with Crippen LogP contribution in [0.4, 0.5) is 0 Å². The molecule has 0 amide bonds. The van der Waals surface area contributed by atoms with E-state index in [4.69, 9.17) is 37.4 Å². The summed E-state index contributed by atoms with van der Waals surface area (Å²) in [6.45, 7) is 3.92. The molecule has 7 nitrogen and oxygen atoms in total. The van der Waals surface area contributed by atoms with Crippen LogP contribution in [0.1, 0.15) is 36.6 Å². The molecule has 0 bridgehead atoms. The van der Waals surface area contributed by atoms with Gasteiger partial charge in [0.1, 0.15) is 18.1 Å². The topological polar surface area (TPSA) is 79.1 Å². The van der Waals surface area contributed by atoms with Crippen LogP contribution >= 0.6 is 34.5 Å². The van der Waals surface area contributed by atoms with Gasteiger partial charge in [-0.2, -0.15) is 0 Å². The van der Waals surface area contributed by atoms with Gasteiger partial charge in [0.25, 0.3) is 5.56 Å². The van der Waals surface area contributed by atoms with Crippen LogP contribution in [-0.4, -0.2) is 24.3 Å². The molecule has 0 N–H and O–H groups in total. The summed E-state index contributed by atoms with van der Waals surface area (Å²) in [5.74, 6) is 0.735. The number of allylic oxidation sites excluding steroid dienone is 1. The van der Waals surface area contributed by atoms with Crippen molar-refractivity contribution >= 4 is 46.6 Å². The molecule has 0 saturated heterocycles. The number of methoxy groups -OCH3 is 1. The highest BCUT2D eigenvalue weighted by atomic mass is 35.5. The second-order valence-corrected chi connectivity index (χ2v) is 11.0. The van der Waals surface area contributed by atoms with Crippen molar-refractivity contribution in [2.24, 2.45) is 4.99 Å². The number of rotatable bonds is 8. The SMILES string of the molecule is CCOC(=O)C1=C(C)N=c2s/c(=C/c3ccccc3OCc3ccc(Cl)cc3Cl)c(=O)n2[C@@H]1c1ccc(OC)cc1. The molecule has 0 fully saturated rings. The van der Waals surface area contributed by atoms with Gasteiger partial charge in [0.05, 0.1) is 35.6 Å². The Morgan fingerprint density at radius 3 is 2.56 bits per heavy atom. The Morgan fingerprint density at radius 2 is 1.85 bits per heavy atom. The normalized spacial score (nSPS) is 14.9. The van der Waals surface area contributed by atoms with Gasteiger partial charge >= 0.3 is 5.97 Å². The maximum absolute atomic E-state index is 13.9. The Bertz CT molecular complexity index is 1830. The van der Waals surface area contributed by atoms with E-state index < -0.39 is 12.0 Å². The third-order valence-corrected chi connectivity index (χ3v) is 8.12. The van der Waals surface area contributed by atoms with E-state index in [0.29, 0.717) is 47.7 Å². The number of thiazole rings is 1. The van der Waals surface area contributed by atoms with Crippen LogP contribution in [-0.2, 0) is 16.1 Å². The Kier molecular flexibility index (Phi) is 8.63. The number of carbonyl (C=O) groups is 1. The molecule has 5 rings (SSSR count). The van der Waals surface area contributed by atoms with Crippen LogP contribution in [0.2, 0.25) is 10.0 Å². The number of hydrogen-bond donors (Lipinski definition) is 0. The van der Waals surface area contributed by atoms with E-state index in [0.717, 1.165) is 11.1 Å². The third kappa shape index (κ3) is 5.95. The van der Waals surface area contributed by atoms with E-state index in [-0.39, 0.29) is 18.8 Å². The van der Waals surface area contributed by atoms with Crippen LogP contribution in [0.5, 0.6) is 11.5 Å². The molecule has 10 heteroatoms. The minimum atomic E-state index is -0.711. The van der Waals surface area contributed by atoms with Gasteiger partial charge in [-0.15, -0.1) is 0 Å². The predicted molar refractivity (Wildman–Crippen MR) is 161 cm³/mol. The zero-order valence-electron chi connectivity index (χ0n) is 22.5. The summed E-state index contributed by atoms with van der Waals surface area (Å²) in [5, 5.41) is 1.05. The highest BCUT2D eigenvalue weighted by molar-refractivity contribution is 7.07. The van der Waals surface area contributed by atoms with Crippen LogP contribution in [0.3, 0.4) is 0 Å². The van der Waals surface area contributed by atoms with Crippen molar-refractivity contribution < 1.29 is 19.0 Å². The first-order valence-corrected chi connectivity index (χ1v) is 14.4. The number of hydrogen-bond acceptors (Lipinski definition) is 7. The molecular formula is C31H26Cl2N2O5S. The molecule has 41 heavy (non-hydrogen) atoms. The lowest BCUT2D eigenvalue weighted by Gasteiger charge is -2.24. The Balaban J connectivity index is 1.58. The molecule has 1 aliphatic rings. The lowest BCUT2D eigenvalue weighted by molar-refractivity contribution is -0.139. The van der Waals surface area contributed by atoms with Crippen molar-refractivity contribution in [2.45, 2.75) is 26.5 Å². The van der Waals surface area contributed by atoms with E-state index >= 15 is 0 Å². The van der Waals surface area contributed by atoms with Crippen LogP contribution in [0.25, 0.3) is 6.08 Å². The lowest BCUT2D eigenvalue weighted by atomic mass is 9.96. The van der Waals surface area contributed by atoms with E-state index in [2.05, 4.69) is 4.99 Å². The molecule has 0 radical (unpaired) electrons. The average molecular weight is 610 g/mol. The lowest BCUT2D eigenvalue weighted by Crippen LogP contribution is -2.39. The number of carbonyl (C=O) groups excluding carboxylic acids is 1. The number of ether oxygens (including phenoxy) is 3. The first-order valence-electron chi connectivity index (χ1n) is 12.8. The molecule has 1 aromatic heterocycles. The van der Waals surface area contributed by atoms with E-state index in [1.165, 1.54) is 11.3 Å². The van der Waals surface area contributed by atoms with Crippen molar-refractivity contribution in [3.05, 3.63) is 124 Å². The van der Waals surface area contributed by atoms with Crippen molar-refractivity contribution in [2.75, 3.05) is 13.7 Å². The molecule has 210 valence electrons. The standard InChI is InChI=1S/C31H26Cl2N2O5S/c1-4-39-30(37)27-18(2)34-31-35(28(27)19-10-13-23(38-3)14-11-19)29(36)26(41-31)15-20-7-5-6-8-25(20)40-17-21-9-12-22(32)16-24(21)33/h5-16,28H,4,17H2,1-3H3/b26-15+/t28-/m1/s1. The number of halogens is 2. The van der Waals surface area contributed by atoms with Gasteiger partial charge in [-0.3, -0.25) is 9.36 Å². The Morgan fingerprint density at radius 1 is 1.10 bits per heavy atom. The Hall–Kier alpha value is -3.85. The number of fused-ring (bicyclic) bond motifs is 1. The second-order valence-electron chi connectivity index (χ2n) is 9.14. The van der Waals surface area contributed by atoms with Crippen LogP contribution in [0.15, 0.2) is 87.8 Å². The van der Waals surface area contributed by atoms with Gasteiger partial charge in [-0.25, -0.2) is 9.79 Å². The molecule has 2 heterocycles. The highest BCUT2D eigenvalue weighted by Crippen LogP contribution is 2.32. The van der Waals surface area contributed by atoms with Gasteiger partial charge in [0.2, 0.25) is 0 Å². The molecule has 1 aliphatic heterocycles. The number of benzene rings is 3. The summed E-state index contributed by atoms with van der Waals surface area (Å²) in [6, 6.07) is 19.2. The van der Waals surface area contributed by atoms with Crippen LogP contribution in [0, 0.1) is 0 Å². The van der Waals surface area contributed by atoms with Gasteiger partial charge in [0, 0.05) is 21.2 Å². The van der Waals surface area contributed by atoms with Gasteiger partial charge in [-0.05, 0) is 55.8 Å². The van der Waals surface area contributed by atoms with Crippen molar-refractivity contribution in [1.82, 2.24) is 4.57 Å². The summed E-state index contributed by atoms with van der Waals surface area (Å²) < 4.78 is 18.8. The van der Waals surface area contributed by atoms with E-state index in [1.54, 1.807) is 55.9 Å². The molecule has 0 unspecified atom stereocenters. The number of aromatic nitrogens is 1. The molecule has 4 aromatic rings. The maximum atomic E-state index is 13.9. The summed E-state index contributed by atoms with van der Waals surface area (Å²) in [5.41, 5.74) is 2.77. The van der Waals surface area contributed by atoms with Crippen molar-refractivity contribution in [3.8, 4) is 11.5 Å². The predicted octanol–water partition coefficient (Wildman–Crippen LogP) is 5.69. The first-order chi connectivity index (χ1) is 19.8. The summed E-state index contributed by atoms with van der Waals surface area (Å²) in [4.78, 5) is 32.2. The average Bonchev–Trinajstić information content (AvgIpc) is 3.26. The minimum absolute atomic E-state index is 0.202. The van der Waals surface area contributed by atoms with Crippen molar-refractivity contribution in [3.63, 3.8) is 0 Å². The smallest absolute Gasteiger partial charge is 0.338 e. The van der Waals surface area contributed by atoms with E-state index in [9.17, 15) is 9.59 Å². The van der Waals surface area contributed by atoms with Gasteiger partial charge in [0.15, 0.2) is 4.80 Å². The molecule has 0 spiro atoms.